The Morgan fingerprint density at radius 3 is 2.29 bits per heavy atom. The summed E-state index contributed by atoms with van der Waals surface area (Å²) in [7, 11) is 0. The maximum atomic E-state index is 13.5. The average Bonchev–Trinajstić information content (AvgIpc) is 2.79. The number of aryl methyl sites for hydroxylation is 1. The van der Waals surface area contributed by atoms with Crippen molar-refractivity contribution in [1.29, 1.82) is 0 Å². The van der Waals surface area contributed by atoms with E-state index in [1.165, 1.54) is 38.3 Å². The molecule has 0 atom stereocenters. The average molecular weight is 454 g/mol. The third-order valence-electron chi connectivity index (χ3n) is 5.96. The number of para-hydroxylation sites is 1. The maximum Gasteiger partial charge on any atom is 0.200 e. The van der Waals surface area contributed by atoms with Gasteiger partial charge in [-0.15, -0.1) is 0 Å². The minimum absolute atomic E-state index is 0.0116. The van der Waals surface area contributed by atoms with Gasteiger partial charge in [-0.1, -0.05) is 12.1 Å². The van der Waals surface area contributed by atoms with Crippen LogP contribution in [0.3, 0.4) is 0 Å². The zero-order valence-electron chi connectivity index (χ0n) is 18.5. The van der Waals surface area contributed by atoms with Gasteiger partial charge in [-0.05, 0) is 56.7 Å². The fourth-order valence-electron chi connectivity index (χ4n) is 4.27. The van der Waals surface area contributed by atoms with Crippen LogP contribution in [0.1, 0.15) is 40.1 Å². The van der Waals surface area contributed by atoms with Crippen molar-refractivity contribution in [2.24, 2.45) is 0 Å². The number of carbonyl (C=O) groups is 2. The number of hydrogen-bond donors (Lipinski definition) is 1. The van der Waals surface area contributed by atoms with Crippen molar-refractivity contribution >= 4 is 44.5 Å². The molecule has 2 heterocycles. The standard InChI is InChI=1S/C27H18O7/c1-12-8-22-17(10-20(12)30)26(32)19(11-33-22)24-16(13(2)28)9-18-25(31)15-6-4-5-7-21(15)34-27(18)23(24)14(3)29/h4-11,30H,1-3H3. The summed E-state index contributed by atoms with van der Waals surface area (Å²) < 4.78 is 11.6. The van der Waals surface area contributed by atoms with Gasteiger partial charge in [0.15, 0.2) is 11.6 Å². The topological polar surface area (TPSA) is 115 Å². The lowest BCUT2D eigenvalue weighted by atomic mass is 9.88. The van der Waals surface area contributed by atoms with E-state index in [0.29, 0.717) is 10.9 Å². The molecule has 2 aromatic heterocycles. The van der Waals surface area contributed by atoms with Crippen molar-refractivity contribution in [2.75, 3.05) is 0 Å². The summed E-state index contributed by atoms with van der Waals surface area (Å²) in [6.07, 6.45) is 1.18. The number of hydrogen-bond acceptors (Lipinski definition) is 7. The van der Waals surface area contributed by atoms with Gasteiger partial charge in [0.2, 0.25) is 10.9 Å². The second kappa shape index (κ2) is 7.52. The molecule has 0 aliphatic rings. The first kappa shape index (κ1) is 21.3. The highest BCUT2D eigenvalue weighted by molar-refractivity contribution is 6.17. The number of benzene rings is 3. The van der Waals surface area contributed by atoms with Gasteiger partial charge in [0.25, 0.3) is 0 Å². The Bertz CT molecular complexity index is 1820. The largest absolute Gasteiger partial charge is 0.508 e. The fourth-order valence-corrected chi connectivity index (χ4v) is 4.27. The number of rotatable bonds is 3. The molecule has 168 valence electrons. The molecule has 0 saturated heterocycles. The highest BCUT2D eigenvalue weighted by Crippen LogP contribution is 2.35. The molecule has 3 aromatic carbocycles. The molecular weight excluding hydrogens is 436 g/mol. The summed E-state index contributed by atoms with van der Waals surface area (Å²) in [5, 5.41) is 10.6. The molecule has 0 bridgehead atoms. The minimum Gasteiger partial charge on any atom is -0.508 e. The summed E-state index contributed by atoms with van der Waals surface area (Å²) in [6.45, 7) is 4.23. The van der Waals surface area contributed by atoms with Gasteiger partial charge >= 0.3 is 0 Å². The SMILES string of the molecule is CC(=O)c1cc2c(=O)c3ccccc3oc2c(C(C)=O)c1-c1coc2cc(C)c(O)cc2c1=O. The van der Waals surface area contributed by atoms with Gasteiger partial charge in [-0.3, -0.25) is 19.2 Å². The summed E-state index contributed by atoms with van der Waals surface area (Å²) in [5.41, 5.74) is 0.0378. The van der Waals surface area contributed by atoms with Crippen LogP contribution in [0.25, 0.3) is 44.0 Å². The van der Waals surface area contributed by atoms with E-state index in [1.54, 1.807) is 31.2 Å². The Morgan fingerprint density at radius 2 is 1.59 bits per heavy atom. The van der Waals surface area contributed by atoms with Crippen LogP contribution in [0.4, 0.5) is 0 Å². The number of Topliss-reactive ketones (excluding diaryl/α,β-unsaturated/α-hetero) is 2. The van der Waals surface area contributed by atoms with Crippen LogP contribution in [0.15, 0.2) is 67.2 Å². The van der Waals surface area contributed by atoms with E-state index in [1.807, 2.05) is 0 Å². The summed E-state index contributed by atoms with van der Waals surface area (Å²) in [5.74, 6) is -1.03. The first-order valence-corrected chi connectivity index (χ1v) is 10.5. The quantitative estimate of drug-likeness (QED) is 0.296. The predicted molar refractivity (Wildman–Crippen MR) is 128 cm³/mol. The summed E-state index contributed by atoms with van der Waals surface area (Å²) in [4.78, 5) is 52.3. The molecule has 1 N–H and O–H groups in total. The molecule has 0 saturated carbocycles. The van der Waals surface area contributed by atoms with Crippen molar-refractivity contribution in [1.82, 2.24) is 0 Å². The number of fused-ring (bicyclic) bond motifs is 3. The van der Waals surface area contributed by atoms with Crippen molar-refractivity contribution in [3.8, 4) is 16.9 Å². The van der Waals surface area contributed by atoms with Crippen LogP contribution in [-0.2, 0) is 0 Å². The minimum atomic E-state index is -0.538. The van der Waals surface area contributed by atoms with Crippen LogP contribution in [0, 0.1) is 6.92 Å². The highest BCUT2D eigenvalue weighted by atomic mass is 16.3. The molecule has 34 heavy (non-hydrogen) atoms. The number of aromatic hydroxyl groups is 1. The zero-order valence-corrected chi connectivity index (χ0v) is 18.5. The third kappa shape index (κ3) is 3.05. The van der Waals surface area contributed by atoms with E-state index >= 15 is 0 Å². The highest BCUT2D eigenvalue weighted by Gasteiger charge is 2.26. The smallest absolute Gasteiger partial charge is 0.200 e. The van der Waals surface area contributed by atoms with E-state index in [4.69, 9.17) is 8.83 Å². The van der Waals surface area contributed by atoms with Gasteiger partial charge in [-0.25, -0.2) is 0 Å². The molecule has 0 fully saturated rings. The maximum absolute atomic E-state index is 13.5. The number of carbonyl (C=O) groups excluding carboxylic acids is 2. The second-order valence-electron chi connectivity index (χ2n) is 8.20. The Labute approximate surface area is 191 Å². The van der Waals surface area contributed by atoms with Crippen LogP contribution in [-0.4, -0.2) is 16.7 Å². The van der Waals surface area contributed by atoms with Gasteiger partial charge < -0.3 is 13.9 Å². The second-order valence-corrected chi connectivity index (χ2v) is 8.20. The Hall–Kier alpha value is -4.52. The number of ketones is 2. The van der Waals surface area contributed by atoms with E-state index in [2.05, 4.69) is 0 Å². The molecule has 0 amide bonds. The van der Waals surface area contributed by atoms with Crippen molar-refractivity contribution in [3.63, 3.8) is 0 Å². The van der Waals surface area contributed by atoms with Gasteiger partial charge in [-0.2, -0.15) is 0 Å². The van der Waals surface area contributed by atoms with Crippen LogP contribution < -0.4 is 10.9 Å². The monoisotopic (exact) mass is 454 g/mol. The van der Waals surface area contributed by atoms with Crippen LogP contribution >= 0.6 is 0 Å². The molecule has 0 aliphatic carbocycles. The van der Waals surface area contributed by atoms with Crippen molar-refractivity contribution in [3.05, 3.63) is 85.9 Å². The van der Waals surface area contributed by atoms with Gasteiger partial charge in [0.1, 0.15) is 28.8 Å². The fraction of sp³-hybridized carbons (Fsp3) is 0.111. The van der Waals surface area contributed by atoms with Crippen molar-refractivity contribution in [2.45, 2.75) is 20.8 Å². The van der Waals surface area contributed by atoms with E-state index in [-0.39, 0.29) is 61.0 Å². The third-order valence-corrected chi connectivity index (χ3v) is 5.96. The summed E-state index contributed by atoms with van der Waals surface area (Å²) >= 11 is 0. The lowest BCUT2D eigenvalue weighted by molar-refractivity contribution is 0.101. The molecule has 7 heteroatoms. The molecule has 0 aliphatic heterocycles. The van der Waals surface area contributed by atoms with Crippen molar-refractivity contribution < 1.29 is 23.5 Å². The zero-order chi connectivity index (χ0) is 24.3. The molecule has 7 nitrogen and oxygen atoms in total. The Morgan fingerprint density at radius 1 is 0.853 bits per heavy atom. The molecule has 0 radical (unpaired) electrons. The molecule has 0 unspecified atom stereocenters. The van der Waals surface area contributed by atoms with Gasteiger partial charge in [0.05, 0.1) is 27.3 Å². The van der Waals surface area contributed by atoms with E-state index < -0.39 is 17.0 Å². The van der Waals surface area contributed by atoms with Gasteiger partial charge in [0, 0.05) is 11.1 Å². The molecule has 5 rings (SSSR count). The molecule has 5 aromatic rings. The number of phenolic OH excluding ortho intramolecular Hbond substituents is 1. The summed E-state index contributed by atoms with van der Waals surface area (Å²) in [6, 6.07) is 10.8. The Kier molecular flexibility index (Phi) is 4.72. The normalized spacial score (nSPS) is 11.4. The lowest BCUT2D eigenvalue weighted by Gasteiger charge is -2.15. The molecule has 0 spiro atoms. The number of phenols is 1. The molecular formula is C27H18O7. The van der Waals surface area contributed by atoms with Crippen LogP contribution in [0.2, 0.25) is 0 Å². The predicted octanol–water partition coefficient (Wildman–Crippen LogP) is 5.14. The Balaban J connectivity index is 2.01. The van der Waals surface area contributed by atoms with E-state index in [9.17, 15) is 24.3 Å². The first-order chi connectivity index (χ1) is 16.2. The lowest BCUT2D eigenvalue weighted by Crippen LogP contribution is -2.14. The first-order valence-electron chi connectivity index (χ1n) is 10.5. The van der Waals surface area contributed by atoms with Crippen LogP contribution in [0.5, 0.6) is 5.75 Å². The van der Waals surface area contributed by atoms with E-state index in [0.717, 1.165) is 0 Å².